The van der Waals surface area contributed by atoms with Crippen LogP contribution in [-0.4, -0.2) is 39.4 Å². The van der Waals surface area contributed by atoms with Crippen molar-refractivity contribution in [3.05, 3.63) is 29.7 Å². The summed E-state index contributed by atoms with van der Waals surface area (Å²) in [4.78, 5) is 36.4. The Balaban J connectivity index is 1.55. The van der Waals surface area contributed by atoms with Gasteiger partial charge in [-0.25, -0.2) is 9.78 Å². The fraction of sp³-hybridized carbons (Fsp3) is 0.524. The minimum atomic E-state index is -0.620. The van der Waals surface area contributed by atoms with E-state index in [-0.39, 0.29) is 16.9 Å². The van der Waals surface area contributed by atoms with Crippen LogP contribution in [0.25, 0.3) is 10.4 Å². The first-order chi connectivity index (χ1) is 13.6. The molecule has 1 saturated heterocycles. The van der Waals surface area contributed by atoms with Crippen molar-refractivity contribution in [2.75, 3.05) is 11.9 Å². The summed E-state index contributed by atoms with van der Waals surface area (Å²) in [5, 5.41) is 3.39. The lowest BCUT2D eigenvalue weighted by Crippen LogP contribution is -2.50. The molecule has 2 aromatic heterocycles. The fourth-order valence-electron chi connectivity index (χ4n) is 4.08. The van der Waals surface area contributed by atoms with Crippen molar-refractivity contribution in [3.63, 3.8) is 0 Å². The minimum absolute atomic E-state index is 0.192. The smallest absolute Gasteiger partial charge is 0.324 e. The Morgan fingerprint density at radius 3 is 2.66 bits per heavy atom. The zero-order valence-electron chi connectivity index (χ0n) is 17.3. The van der Waals surface area contributed by atoms with E-state index in [1.54, 1.807) is 0 Å². The number of nitrogens with one attached hydrogen (secondary N) is 1. The average molecular weight is 414 g/mol. The summed E-state index contributed by atoms with van der Waals surface area (Å²) in [6.45, 7) is 8.59. The number of anilines is 1. The van der Waals surface area contributed by atoms with E-state index in [0.717, 1.165) is 28.2 Å². The van der Waals surface area contributed by atoms with Crippen LogP contribution in [0.3, 0.4) is 0 Å². The van der Waals surface area contributed by atoms with Crippen molar-refractivity contribution >= 4 is 28.4 Å². The molecule has 7 nitrogen and oxygen atoms in total. The lowest BCUT2D eigenvalue weighted by molar-refractivity contribution is -0.123. The maximum absolute atomic E-state index is 12.8. The molecule has 1 aliphatic carbocycles. The molecule has 8 heteroatoms. The predicted molar refractivity (Wildman–Crippen MR) is 114 cm³/mol. The molecule has 2 aliphatic rings. The summed E-state index contributed by atoms with van der Waals surface area (Å²) in [5.74, 6) is -0.475. The molecule has 1 unspecified atom stereocenters. The maximum atomic E-state index is 12.8. The molecule has 0 spiro atoms. The number of primary amides is 1. The van der Waals surface area contributed by atoms with Crippen LogP contribution in [-0.2, 0) is 10.2 Å². The molecule has 154 valence electrons. The zero-order valence-corrected chi connectivity index (χ0v) is 18.1. The lowest BCUT2D eigenvalue weighted by Gasteiger charge is -2.29. The third-order valence-corrected chi connectivity index (χ3v) is 7.35. The molecular formula is C21H27N5O2S. The summed E-state index contributed by atoms with van der Waals surface area (Å²) >= 11 is 1.44. The molecule has 0 bridgehead atoms. The van der Waals surface area contributed by atoms with Gasteiger partial charge in [0.1, 0.15) is 6.04 Å². The van der Waals surface area contributed by atoms with Gasteiger partial charge >= 0.3 is 6.03 Å². The Labute approximate surface area is 174 Å². The molecule has 0 radical (unpaired) electrons. The molecule has 2 aromatic rings. The number of rotatable bonds is 4. The van der Waals surface area contributed by atoms with Crippen LogP contribution in [0.15, 0.2) is 18.3 Å². The second-order valence-corrected chi connectivity index (χ2v) is 10.1. The van der Waals surface area contributed by atoms with Crippen LogP contribution < -0.4 is 11.1 Å². The minimum Gasteiger partial charge on any atom is -0.368 e. The molecule has 2 fully saturated rings. The molecule has 3 heterocycles. The number of thiazole rings is 1. The zero-order chi connectivity index (χ0) is 21.0. The van der Waals surface area contributed by atoms with Gasteiger partial charge in [0.15, 0.2) is 5.13 Å². The summed E-state index contributed by atoms with van der Waals surface area (Å²) in [7, 11) is 0. The van der Waals surface area contributed by atoms with E-state index in [2.05, 4.69) is 28.3 Å². The second-order valence-electron chi connectivity index (χ2n) is 9.09. The highest BCUT2D eigenvalue weighted by Crippen LogP contribution is 2.47. The molecular weight excluding hydrogens is 386 g/mol. The van der Waals surface area contributed by atoms with E-state index < -0.39 is 11.9 Å². The SMILES string of the molecule is Cc1nc(NC(=O)N2CCC(C)(C)C2C(N)=O)sc1-c1ccnc(C2(C)CC2)c1. The molecule has 4 rings (SSSR count). The highest BCUT2D eigenvalue weighted by molar-refractivity contribution is 7.19. The Kier molecular flexibility index (Phi) is 4.64. The maximum Gasteiger partial charge on any atom is 0.324 e. The van der Waals surface area contributed by atoms with Gasteiger partial charge in [0.05, 0.1) is 10.6 Å². The van der Waals surface area contributed by atoms with Crippen molar-refractivity contribution in [1.29, 1.82) is 0 Å². The first-order valence-corrected chi connectivity index (χ1v) is 10.7. The van der Waals surface area contributed by atoms with Crippen molar-refractivity contribution < 1.29 is 9.59 Å². The van der Waals surface area contributed by atoms with Crippen LogP contribution in [0.5, 0.6) is 0 Å². The second kappa shape index (κ2) is 6.79. The molecule has 3 N–H and O–H groups in total. The average Bonchev–Trinajstić information content (AvgIpc) is 3.17. The van der Waals surface area contributed by atoms with E-state index >= 15 is 0 Å². The number of amides is 3. The van der Waals surface area contributed by atoms with E-state index in [9.17, 15) is 9.59 Å². The van der Waals surface area contributed by atoms with E-state index in [1.165, 1.54) is 29.1 Å². The number of aryl methyl sites for hydroxylation is 1. The number of carbonyl (C=O) groups excluding carboxylic acids is 2. The van der Waals surface area contributed by atoms with Gasteiger partial charge < -0.3 is 10.6 Å². The first-order valence-electron chi connectivity index (χ1n) is 9.92. The number of likely N-dealkylation sites (tertiary alicyclic amines) is 1. The van der Waals surface area contributed by atoms with Gasteiger partial charge in [-0.1, -0.05) is 32.1 Å². The summed E-state index contributed by atoms with van der Waals surface area (Å²) < 4.78 is 0. The largest absolute Gasteiger partial charge is 0.368 e. The first kappa shape index (κ1) is 19.8. The van der Waals surface area contributed by atoms with Gasteiger partial charge in [-0.05, 0) is 49.3 Å². The van der Waals surface area contributed by atoms with E-state index in [0.29, 0.717) is 11.7 Å². The molecule has 3 amide bonds. The number of hydrogen-bond acceptors (Lipinski definition) is 5. The van der Waals surface area contributed by atoms with Gasteiger partial charge in [0, 0.05) is 23.9 Å². The summed E-state index contributed by atoms with van der Waals surface area (Å²) in [5.41, 5.74) is 8.46. The van der Waals surface area contributed by atoms with Crippen LogP contribution in [0.4, 0.5) is 9.93 Å². The number of urea groups is 1. The quantitative estimate of drug-likeness (QED) is 0.798. The summed E-state index contributed by atoms with van der Waals surface area (Å²) in [6, 6.07) is 3.16. The number of nitrogens with zero attached hydrogens (tertiary/aromatic N) is 3. The standard InChI is InChI=1S/C21H27N5O2S/c1-12-15(13-5-9-23-14(11-13)21(4)6-7-21)29-18(24-12)25-19(28)26-10-8-20(2,3)16(26)17(22)27/h5,9,11,16H,6-8,10H2,1-4H3,(H2,22,27)(H,24,25,28). The van der Waals surface area contributed by atoms with Crippen LogP contribution in [0.1, 0.15) is 51.4 Å². The van der Waals surface area contributed by atoms with E-state index in [4.69, 9.17) is 5.73 Å². The molecule has 29 heavy (non-hydrogen) atoms. The molecule has 1 aliphatic heterocycles. The Morgan fingerprint density at radius 2 is 2.00 bits per heavy atom. The predicted octanol–water partition coefficient (Wildman–Crippen LogP) is 3.68. The number of aromatic nitrogens is 2. The van der Waals surface area contributed by atoms with Gasteiger partial charge in [0.25, 0.3) is 0 Å². The van der Waals surface area contributed by atoms with Crippen molar-refractivity contribution in [3.8, 4) is 10.4 Å². The topological polar surface area (TPSA) is 101 Å². The third-order valence-electron chi connectivity index (χ3n) is 6.23. The molecule has 1 saturated carbocycles. The number of pyridine rings is 1. The van der Waals surface area contributed by atoms with Crippen molar-refractivity contribution in [1.82, 2.24) is 14.9 Å². The highest BCUT2D eigenvalue weighted by Gasteiger charge is 2.46. The number of hydrogen-bond donors (Lipinski definition) is 2. The van der Waals surface area contributed by atoms with Crippen molar-refractivity contribution in [2.45, 2.75) is 58.4 Å². The number of carbonyl (C=O) groups is 2. The number of nitrogens with two attached hydrogens (primary N) is 1. The monoisotopic (exact) mass is 413 g/mol. The van der Waals surface area contributed by atoms with Crippen LogP contribution in [0.2, 0.25) is 0 Å². The van der Waals surface area contributed by atoms with Gasteiger partial charge in [-0.3, -0.25) is 15.1 Å². The Hall–Kier alpha value is -2.48. The van der Waals surface area contributed by atoms with Gasteiger partial charge in [-0.2, -0.15) is 0 Å². The van der Waals surface area contributed by atoms with Crippen LogP contribution >= 0.6 is 11.3 Å². The Bertz CT molecular complexity index is 979. The fourth-order valence-corrected chi connectivity index (χ4v) is 5.03. The van der Waals surface area contributed by atoms with Gasteiger partial charge in [-0.15, -0.1) is 0 Å². The van der Waals surface area contributed by atoms with Crippen molar-refractivity contribution in [2.24, 2.45) is 11.1 Å². The highest BCUT2D eigenvalue weighted by atomic mass is 32.1. The lowest BCUT2D eigenvalue weighted by atomic mass is 9.84. The van der Waals surface area contributed by atoms with Crippen LogP contribution in [0, 0.1) is 12.3 Å². The molecule has 1 atom stereocenters. The Morgan fingerprint density at radius 1 is 1.28 bits per heavy atom. The summed E-state index contributed by atoms with van der Waals surface area (Å²) in [6.07, 6.45) is 4.91. The third kappa shape index (κ3) is 3.61. The van der Waals surface area contributed by atoms with E-state index in [1.807, 2.05) is 33.0 Å². The normalized spacial score (nSPS) is 21.8. The van der Waals surface area contributed by atoms with Gasteiger partial charge in [0.2, 0.25) is 5.91 Å². The molecule has 0 aromatic carbocycles.